The van der Waals surface area contributed by atoms with Crippen molar-refractivity contribution in [3.63, 3.8) is 0 Å². The summed E-state index contributed by atoms with van der Waals surface area (Å²) in [5.41, 5.74) is 0.871. The van der Waals surface area contributed by atoms with E-state index in [9.17, 15) is 9.59 Å². The average molecular weight is 279 g/mol. The highest BCUT2D eigenvalue weighted by Gasteiger charge is 2.14. The topological polar surface area (TPSA) is 75.6 Å². The molecule has 5 heteroatoms. The van der Waals surface area contributed by atoms with E-state index in [1.54, 1.807) is 0 Å². The van der Waals surface area contributed by atoms with E-state index in [0.29, 0.717) is 13.0 Å². The van der Waals surface area contributed by atoms with E-state index in [-0.39, 0.29) is 24.8 Å². The molecule has 2 N–H and O–H groups in total. The molecule has 0 radical (unpaired) electrons. The average Bonchev–Trinajstić information content (AvgIpc) is 2.40. The SMILES string of the molecule is CCOc1ccc(CC(=O)NC(CC)CC(=O)O)cc1. The third-order valence-electron chi connectivity index (χ3n) is 2.88. The van der Waals surface area contributed by atoms with E-state index >= 15 is 0 Å². The van der Waals surface area contributed by atoms with Crippen molar-refractivity contribution < 1.29 is 19.4 Å². The summed E-state index contributed by atoms with van der Waals surface area (Å²) < 4.78 is 5.33. The number of nitrogens with one attached hydrogen (secondary N) is 1. The number of rotatable bonds is 8. The second kappa shape index (κ2) is 8.19. The van der Waals surface area contributed by atoms with Crippen LogP contribution in [-0.2, 0) is 16.0 Å². The number of carbonyl (C=O) groups excluding carboxylic acids is 1. The highest BCUT2D eigenvalue weighted by molar-refractivity contribution is 5.79. The molecule has 0 aliphatic heterocycles. The third kappa shape index (κ3) is 5.73. The summed E-state index contributed by atoms with van der Waals surface area (Å²) in [5.74, 6) is -0.297. The number of carboxylic acid groups (broad SMARTS) is 1. The zero-order valence-electron chi connectivity index (χ0n) is 11.9. The number of carboxylic acids is 1. The van der Waals surface area contributed by atoms with Crippen molar-refractivity contribution in [1.29, 1.82) is 0 Å². The Bertz CT molecular complexity index is 442. The van der Waals surface area contributed by atoms with Crippen LogP contribution >= 0.6 is 0 Å². The van der Waals surface area contributed by atoms with Crippen LogP contribution in [-0.4, -0.2) is 29.6 Å². The van der Waals surface area contributed by atoms with E-state index < -0.39 is 5.97 Å². The Morgan fingerprint density at radius 2 is 1.90 bits per heavy atom. The van der Waals surface area contributed by atoms with Crippen LogP contribution in [0.5, 0.6) is 5.75 Å². The van der Waals surface area contributed by atoms with Crippen molar-refractivity contribution in [3.8, 4) is 5.75 Å². The van der Waals surface area contributed by atoms with E-state index in [2.05, 4.69) is 5.32 Å². The number of carbonyl (C=O) groups is 2. The Kier molecular flexibility index (Phi) is 6.56. The van der Waals surface area contributed by atoms with Gasteiger partial charge in [0.25, 0.3) is 0 Å². The molecule has 1 atom stereocenters. The smallest absolute Gasteiger partial charge is 0.305 e. The molecule has 1 aromatic carbocycles. The summed E-state index contributed by atoms with van der Waals surface area (Å²) in [4.78, 5) is 22.5. The zero-order chi connectivity index (χ0) is 15.0. The molecule has 5 nitrogen and oxygen atoms in total. The van der Waals surface area contributed by atoms with Crippen LogP contribution in [0.25, 0.3) is 0 Å². The minimum Gasteiger partial charge on any atom is -0.494 e. The van der Waals surface area contributed by atoms with Gasteiger partial charge in [-0.25, -0.2) is 0 Å². The maximum Gasteiger partial charge on any atom is 0.305 e. The molecule has 0 saturated heterocycles. The van der Waals surface area contributed by atoms with Crippen molar-refractivity contribution in [3.05, 3.63) is 29.8 Å². The van der Waals surface area contributed by atoms with Crippen molar-refractivity contribution in [1.82, 2.24) is 5.32 Å². The van der Waals surface area contributed by atoms with Gasteiger partial charge in [-0.15, -0.1) is 0 Å². The first kappa shape index (κ1) is 16.0. The van der Waals surface area contributed by atoms with Gasteiger partial charge in [-0.3, -0.25) is 9.59 Å². The number of benzene rings is 1. The summed E-state index contributed by atoms with van der Waals surface area (Å²) in [6.07, 6.45) is 0.787. The highest BCUT2D eigenvalue weighted by atomic mass is 16.5. The lowest BCUT2D eigenvalue weighted by molar-refractivity contribution is -0.137. The van der Waals surface area contributed by atoms with Gasteiger partial charge in [0.1, 0.15) is 5.75 Å². The van der Waals surface area contributed by atoms with Crippen molar-refractivity contribution in [2.24, 2.45) is 0 Å². The molecule has 1 rings (SSSR count). The second-order valence-electron chi connectivity index (χ2n) is 4.52. The summed E-state index contributed by atoms with van der Waals surface area (Å²) in [6.45, 7) is 4.37. The molecule has 0 aromatic heterocycles. The van der Waals surface area contributed by atoms with E-state index in [1.165, 1.54) is 0 Å². The summed E-state index contributed by atoms with van der Waals surface area (Å²) >= 11 is 0. The van der Waals surface area contributed by atoms with Crippen LogP contribution in [0.4, 0.5) is 0 Å². The Labute approximate surface area is 118 Å². The molecule has 0 saturated carbocycles. The molecule has 1 unspecified atom stereocenters. The molecule has 110 valence electrons. The summed E-state index contributed by atoms with van der Waals surface area (Å²) in [6, 6.07) is 7.00. The van der Waals surface area contributed by atoms with Gasteiger partial charge in [0.05, 0.1) is 19.4 Å². The lowest BCUT2D eigenvalue weighted by Crippen LogP contribution is -2.36. The molecule has 0 heterocycles. The molecule has 0 aliphatic carbocycles. The molecule has 1 aromatic rings. The fraction of sp³-hybridized carbons (Fsp3) is 0.467. The van der Waals surface area contributed by atoms with Gasteiger partial charge in [0, 0.05) is 6.04 Å². The van der Waals surface area contributed by atoms with Gasteiger partial charge in [0.2, 0.25) is 5.91 Å². The van der Waals surface area contributed by atoms with Crippen LogP contribution in [0.3, 0.4) is 0 Å². The predicted molar refractivity (Wildman–Crippen MR) is 75.8 cm³/mol. The first-order valence-electron chi connectivity index (χ1n) is 6.78. The van der Waals surface area contributed by atoms with Gasteiger partial charge in [-0.05, 0) is 31.0 Å². The van der Waals surface area contributed by atoms with Gasteiger partial charge in [-0.1, -0.05) is 19.1 Å². The van der Waals surface area contributed by atoms with Gasteiger partial charge in [0.15, 0.2) is 0 Å². The van der Waals surface area contributed by atoms with Crippen molar-refractivity contribution >= 4 is 11.9 Å². The molecular weight excluding hydrogens is 258 g/mol. The fourth-order valence-electron chi connectivity index (χ4n) is 1.84. The van der Waals surface area contributed by atoms with Crippen molar-refractivity contribution in [2.45, 2.75) is 39.2 Å². The molecule has 0 aliphatic rings. The molecule has 0 fully saturated rings. The predicted octanol–water partition coefficient (Wildman–Crippen LogP) is 2.00. The highest BCUT2D eigenvalue weighted by Crippen LogP contribution is 2.12. The zero-order valence-corrected chi connectivity index (χ0v) is 11.9. The van der Waals surface area contributed by atoms with Crippen LogP contribution in [0.2, 0.25) is 0 Å². The van der Waals surface area contributed by atoms with E-state index in [1.807, 2.05) is 38.1 Å². The maximum absolute atomic E-state index is 11.8. The Balaban J connectivity index is 2.50. The quantitative estimate of drug-likeness (QED) is 0.763. The lowest BCUT2D eigenvalue weighted by Gasteiger charge is -2.14. The minimum absolute atomic E-state index is 0.0501. The lowest BCUT2D eigenvalue weighted by atomic mass is 10.1. The Morgan fingerprint density at radius 3 is 2.40 bits per heavy atom. The molecular formula is C15H21NO4. The fourth-order valence-corrected chi connectivity index (χ4v) is 1.84. The number of hydrogen-bond donors (Lipinski definition) is 2. The number of amides is 1. The summed E-state index contributed by atoms with van der Waals surface area (Å²) in [7, 11) is 0. The van der Waals surface area contributed by atoms with E-state index in [4.69, 9.17) is 9.84 Å². The largest absolute Gasteiger partial charge is 0.494 e. The second-order valence-corrected chi connectivity index (χ2v) is 4.52. The molecule has 0 bridgehead atoms. The standard InChI is InChI=1S/C15H21NO4/c1-3-12(10-15(18)19)16-14(17)9-11-5-7-13(8-6-11)20-4-2/h5-8,12H,3-4,9-10H2,1-2H3,(H,16,17)(H,18,19). The van der Waals surface area contributed by atoms with Crippen LogP contribution < -0.4 is 10.1 Å². The first-order chi connectivity index (χ1) is 9.55. The number of aliphatic carboxylic acids is 1. The molecule has 20 heavy (non-hydrogen) atoms. The number of ether oxygens (including phenoxy) is 1. The Morgan fingerprint density at radius 1 is 1.25 bits per heavy atom. The molecule has 0 spiro atoms. The normalized spacial score (nSPS) is 11.7. The van der Waals surface area contributed by atoms with E-state index in [0.717, 1.165) is 11.3 Å². The monoisotopic (exact) mass is 279 g/mol. The van der Waals surface area contributed by atoms with Gasteiger partial charge >= 0.3 is 5.97 Å². The first-order valence-corrected chi connectivity index (χ1v) is 6.78. The van der Waals surface area contributed by atoms with Crippen molar-refractivity contribution in [2.75, 3.05) is 6.61 Å². The summed E-state index contributed by atoms with van der Waals surface area (Å²) in [5, 5.41) is 11.5. The Hall–Kier alpha value is -2.04. The van der Waals surface area contributed by atoms with Crippen LogP contribution in [0.15, 0.2) is 24.3 Å². The number of hydrogen-bond acceptors (Lipinski definition) is 3. The maximum atomic E-state index is 11.8. The molecule has 1 amide bonds. The van der Waals surface area contributed by atoms with Gasteiger partial charge < -0.3 is 15.2 Å². The minimum atomic E-state index is -0.904. The van der Waals surface area contributed by atoms with Gasteiger partial charge in [-0.2, -0.15) is 0 Å². The third-order valence-corrected chi connectivity index (χ3v) is 2.88. The van der Waals surface area contributed by atoms with Crippen LogP contribution in [0.1, 0.15) is 32.3 Å². The van der Waals surface area contributed by atoms with Crippen LogP contribution in [0, 0.1) is 0 Å².